The van der Waals surface area contributed by atoms with E-state index in [0.717, 1.165) is 0 Å². The van der Waals surface area contributed by atoms with E-state index in [1.807, 2.05) is 0 Å². The van der Waals surface area contributed by atoms with Crippen LogP contribution >= 0.6 is 0 Å². The van der Waals surface area contributed by atoms with Crippen LogP contribution in [0.3, 0.4) is 0 Å². The summed E-state index contributed by atoms with van der Waals surface area (Å²) >= 11 is 0. The van der Waals surface area contributed by atoms with Crippen molar-refractivity contribution in [3.8, 4) is 0 Å². The average molecular weight is 545 g/mol. The Balaban J connectivity index is 1.73. The van der Waals surface area contributed by atoms with Crippen LogP contribution in [-0.4, -0.2) is 170 Å². The predicted octanol–water partition coefficient (Wildman–Crippen LogP) is -6.36. The highest BCUT2D eigenvalue weighted by Gasteiger charge is 2.52. The minimum Gasteiger partial charge on any atom is -0.394 e. The summed E-state index contributed by atoms with van der Waals surface area (Å²) in [5, 5.41) is 101. The monoisotopic (exact) mass is 544 g/mol. The number of rotatable bonds is 10. The Bertz CT molecular complexity index is 710. The van der Waals surface area contributed by atoms with Gasteiger partial charge in [0.15, 0.2) is 18.9 Å². The highest BCUT2D eigenvalue weighted by Crippen LogP contribution is 2.30. The van der Waals surface area contributed by atoms with Crippen LogP contribution in [0.15, 0.2) is 12.7 Å². The van der Waals surface area contributed by atoms with Gasteiger partial charge in [-0.25, -0.2) is 0 Å². The van der Waals surface area contributed by atoms with Gasteiger partial charge in [-0.1, -0.05) is 6.08 Å². The van der Waals surface area contributed by atoms with Crippen LogP contribution in [0.1, 0.15) is 0 Å². The van der Waals surface area contributed by atoms with E-state index >= 15 is 0 Å². The molecule has 3 aliphatic rings. The standard InChI is InChI=1S/C21H36O16/c1-2-3-32-20-17(31)18(37-21-16(30)14(28)11(25)8(5-23)35-21)12(26)9(36-20)6-33-19-15(29)13(27)10(24)7(4-22)34-19/h2,7-31H,1,3-6H2/t7-,8-,9-,10-,11-,12-,13+,14+,15-,16-,17-,18+,19-,20+,21+/m1/s1. The third kappa shape index (κ3) is 6.64. The first-order valence-electron chi connectivity index (χ1n) is 11.7. The quantitative estimate of drug-likeness (QED) is 0.115. The smallest absolute Gasteiger partial charge is 0.187 e. The molecule has 10 N–H and O–H groups in total. The molecular formula is C21H36O16. The summed E-state index contributed by atoms with van der Waals surface area (Å²) in [5.74, 6) is 0. The molecule has 3 rings (SSSR count). The maximum Gasteiger partial charge on any atom is 0.187 e. The summed E-state index contributed by atoms with van der Waals surface area (Å²) < 4.78 is 32.5. The van der Waals surface area contributed by atoms with Crippen molar-refractivity contribution >= 4 is 0 Å². The van der Waals surface area contributed by atoms with E-state index in [0.29, 0.717) is 0 Å². The first-order valence-corrected chi connectivity index (χ1v) is 11.7. The van der Waals surface area contributed by atoms with E-state index in [1.54, 1.807) is 0 Å². The van der Waals surface area contributed by atoms with Crippen LogP contribution < -0.4 is 0 Å². The Morgan fingerprint density at radius 2 is 1.05 bits per heavy atom. The van der Waals surface area contributed by atoms with Crippen LogP contribution in [0.5, 0.6) is 0 Å². The number of hydrogen-bond donors (Lipinski definition) is 10. The predicted molar refractivity (Wildman–Crippen MR) is 115 cm³/mol. The van der Waals surface area contributed by atoms with E-state index in [4.69, 9.17) is 28.4 Å². The fraction of sp³-hybridized carbons (Fsp3) is 0.905. The largest absolute Gasteiger partial charge is 0.394 e. The molecule has 0 radical (unpaired) electrons. The van der Waals surface area contributed by atoms with Crippen molar-refractivity contribution in [3.05, 3.63) is 12.7 Å². The minimum atomic E-state index is -1.82. The van der Waals surface area contributed by atoms with Gasteiger partial charge in [0.1, 0.15) is 73.2 Å². The lowest BCUT2D eigenvalue weighted by molar-refractivity contribution is -0.365. The summed E-state index contributed by atoms with van der Waals surface area (Å²) in [6.07, 6.45) is -22.5. The van der Waals surface area contributed by atoms with E-state index in [-0.39, 0.29) is 6.61 Å². The number of ether oxygens (including phenoxy) is 6. The molecule has 3 aliphatic heterocycles. The summed E-state index contributed by atoms with van der Waals surface area (Å²) in [5.41, 5.74) is 0. The third-order valence-corrected chi connectivity index (χ3v) is 6.43. The molecule has 3 saturated heterocycles. The molecule has 0 amide bonds. The van der Waals surface area contributed by atoms with E-state index in [9.17, 15) is 51.1 Å². The Labute approximate surface area is 211 Å². The Morgan fingerprint density at radius 1 is 0.568 bits per heavy atom. The van der Waals surface area contributed by atoms with Gasteiger partial charge in [0.05, 0.1) is 26.4 Å². The molecule has 37 heavy (non-hydrogen) atoms. The molecule has 15 atom stereocenters. The Hall–Kier alpha value is -0.900. The lowest BCUT2D eigenvalue weighted by Gasteiger charge is -2.46. The van der Waals surface area contributed by atoms with Gasteiger partial charge in [0, 0.05) is 0 Å². The lowest BCUT2D eigenvalue weighted by atomic mass is 9.96. The van der Waals surface area contributed by atoms with Gasteiger partial charge < -0.3 is 79.5 Å². The molecule has 3 heterocycles. The van der Waals surface area contributed by atoms with Crippen LogP contribution in [0.25, 0.3) is 0 Å². The van der Waals surface area contributed by atoms with Crippen LogP contribution in [0.2, 0.25) is 0 Å². The van der Waals surface area contributed by atoms with E-state index in [1.165, 1.54) is 6.08 Å². The van der Waals surface area contributed by atoms with Gasteiger partial charge in [-0.2, -0.15) is 0 Å². The topological polar surface area (TPSA) is 258 Å². The maximum absolute atomic E-state index is 10.9. The van der Waals surface area contributed by atoms with Gasteiger partial charge in [0.2, 0.25) is 0 Å². The fourth-order valence-corrected chi connectivity index (χ4v) is 4.23. The van der Waals surface area contributed by atoms with Crippen LogP contribution in [-0.2, 0) is 28.4 Å². The molecule has 0 aromatic carbocycles. The summed E-state index contributed by atoms with van der Waals surface area (Å²) in [6, 6.07) is 0. The van der Waals surface area contributed by atoms with Crippen molar-refractivity contribution in [2.45, 2.75) is 92.1 Å². The van der Waals surface area contributed by atoms with Crippen molar-refractivity contribution in [1.29, 1.82) is 0 Å². The van der Waals surface area contributed by atoms with Gasteiger partial charge >= 0.3 is 0 Å². The van der Waals surface area contributed by atoms with E-state index < -0.39 is 112 Å². The van der Waals surface area contributed by atoms with Crippen molar-refractivity contribution in [2.24, 2.45) is 0 Å². The van der Waals surface area contributed by atoms with Crippen molar-refractivity contribution in [2.75, 3.05) is 26.4 Å². The molecule has 216 valence electrons. The number of aliphatic hydroxyl groups excluding tert-OH is 10. The first kappa shape index (κ1) is 30.6. The molecule has 16 nitrogen and oxygen atoms in total. The number of hydrogen-bond acceptors (Lipinski definition) is 16. The number of aliphatic hydroxyl groups is 10. The van der Waals surface area contributed by atoms with Gasteiger partial charge in [-0.15, -0.1) is 6.58 Å². The molecule has 0 saturated carbocycles. The minimum absolute atomic E-state index is 0.0924. The molecule has 0 unspecified atom stereocenters. The normalized spacial score (nSPS) is 49.1. The van der Waals surface area contributed by atoms with Gasteiger partial charge in [0.25, 0.3) is 0 Å². The maximum atomic E-state index is 10.9. The molecule has 0 aromatic rings. The second kappa shape index (κ2) is 13.4. The van der Waals surface area contributed by atoms with E-state index in [2.05, 4.69) is 6.58 Å². The second-order valence-corrected chi connectivity index (χ2v) is 8.97. The summed E-state index contributed by atoms with van der Waals surface area (Å²) in [7, 11) is 0. The molecule has 0 bridgehead atoms. The molecule has 0 aromatic heterocycles. The van der Waals surface area contributed by atoms with Gasteiger partial charge in [-0.3, -0.25) is 0 Å². The summed E-state index contributed by atoms with van der Waals surface area (Å²) in [4.78, 5) is 0. The third-order valence-electron chi connectivity index (χ3n) is 6.43. The zero-order valence-electron chi connectivity index (χ0n) is 19.7. The Kier molecular flexibility index (Phi) is 11.1. The first-order chi connectivity index (χ1) is 17.5. The van der Waals surface area contributed by atoms with Crippen LogP contribution in [0.4, 0.5) is 0 Å². The van der Waals surface area contributed by atoms with Crippen LogP contribution in [0, 0.1) is 0 Å². The molecular weight excluding hydrogens is 508 g/mol. The SMILES string of the molecule is C=CCO[C@H]1O[C@H](CO[C@@H]2O[C@H](CO)[C@@H](O)[C@H](O)[C@H]2O)[C@@H](O)[C@H](O[C@@H]2O[C@H](CO)[C@@H](O)[C@H](O)[C@H]2O)[C@H]1O. The molecule has 0 spiro atoms. The van der Waals surface area contributed by atoms with Crippen molar-refractivity contribution < 1.29 is 79.5 Å². The fourth-order valence-electron chi connectivity index (χ4n) is 4.23. The second-order valence-electron chi connectivity index (χ2n) is 8.97. The van der Waals surface area contributed by atoms with Crippen molar-refractivity contribution in [3.63, 3.8) is 0 Å². The van der Waals surface area contributed by atoms with Gasteiger partial charge in [-0.05, 0) is 0 Å². The highest BCUT2D eigenvalue weighted by molar-refractivity contribution is 4.95. The Morgan fingerprint density at radius 3 is 1.59 bits per heavy atom. The van der Waals surface area contributed by atoms with Crippen molar-refractivity contribution in [1.82, 2.24) is 0 Å². The lowest BCUT2D eigenvalue weighted by Crippen LogP contribution is -2.65. The average Bonchev–Trinajstić information content (AvgIpc) is 2.89. The molecule has 16 heteroatoms. The molecule has 0 aliphatic carbocycles. The molecule has 3 fully saturated rings. The zero-order chi connectivity index (χ0) is 27.4. The zero-order valence-corrected chi connectivity index (χ0v) is 19.7. The summed E-state index contributed by atoms with van der Waals surface area (Å²) in [6.45, 7) is 1.43. The highest BCUT2D eigenvalue weighted by atomic mass is 16.7.